The number of imidazole rings is 1. The lowest BCUT2D eigenvalue weighted by Crippen LogP contribution is -2.38. The van der Waals surface area contributed by atoms with E-state index in [2.05, 4.69) is 57.6 Å². The Bertz CT molecular complexity index is 773. The molecule has 0 spiro atoms. The van der Waals surface area contributed by atoms with Crippen molar-refractivity contribution in [1.29, 1.82) is 0 Å². The van der Waals surface area contributed by atoms with Crippen molar-refractivity contribution >= 4 is 22.9 Å². The van der Waals surface area contributed by atoms with Crippen LogP contribution in [0.4, 0.5) is 0 Å². The van der Waals surface area contributed by atoms with Crippen molar-refractivity contribution in [3.05, 3.63) is 58.7 Å². The van der Waals surface area contributed by atoms with Gasteiger partial charge in [0.1, 0.15) is 5.65 Å². The molecule has 6 heteroatoms. The Balaban J connectivity index is 1.53. The van der Waals surface area contributed by atoms with E-state index >= 15 is 0 Å². The van der Waals surface area contributed by atoms with Gasteiger partial charge in [0.05, 0.1) is 12.2 Å². The quantitative estimate of drug-likeness (QED) is 0.505. The van der Waals surface area contributed by atoms with Gasteiger partial charge in [0, 0.05) is 42.7 Å². The third-order valence-corrected chi connectivity index (χ3v) is 5.09. The van der Waals surface area contributed by atoms with Gasteiger partial charge in [0.25, 0.3) is 0 Å². The van der Waals surface area contributed by atoms with Crippen LogP contribution < -0.4 is 10.6 Å². The molecule has 3 rings (SSSR count). The third kappa shape index (κ3) is 4.82. The molecule has 0 aliphatic carbocycles. The molecule has 2 N–H and O–H groups in total. The molecule has 3 aromatic rings. The molecule has 3 aromatic heterocycles. The van der Waals surface area contributed by atoms with Crippen LogP contribution in [0.3, 0.4) is 0 Å². The molecule has 0 fully saturated rings. The molecular formula is C19H25N5S. The lowest BCUT2D eigenvalue weighted by atomic mass is 10.1. The van der Waals surface area contributed by atoms with Crippen LogP contribution >= 0.6 is 11.3 Å². The number of aliphatic imine (C=N–C) groups is 1. The fraction of sp³-hybridized carbons (Fsp3) is 0.368. The molecule has 0 saturated heterocycles. The second-order valence-electron chi connectivity index (χ2n) is 6.01. The van der Waals surface area contributed by atoms with Crippen molar-refractivity contribution in [3.8, 4) is 0 Å². The summed E-state index contributed by atoms with van der Waals surface area (Å²) in [5, 5.41) is 8.84. The summed E-state index contributed by atoms with van der Waals surface area (Å²) in [7, 11) is 0. The van der Waals surface area contributed by atoms with E-state index in [4.69, 9.17) is 4.99 Å². The first-order valence-electron chi connectivity index (χ1n) is 8.74. The summed E-state index contributed by atoms with van der Waals surface area (Å²) in [6.07, 6.45) is 4.98. The molecule has 1 unspecified atom stereocenters. The summed E-state index contributed by atoms with van der Waals surface area (Å²) in [4.78, 5) is 10.7. The zero-order valence-electron chi connectivity index (χ0n) is 14.8. The number of nitrogens with zero attached hydrogens (tertiary/aromatic N) is 3. The Labute approximate surface area is 152 Å². The van der Waals surface area contributed by atoms with Gasteiger partial charge in [-0.25, -0.2) is 4.98 Å². The second kappa shape index (κ2) is 8.67. The van der Waals surface area contributed by atoms with Crippen molar-refractivity contribution in [1.82, 2.24) is 20.0 Å². The number of rotatable bonds is 7. The monoisotopic (exact) mass is 355 g/mol. The van der Waals surface area contributed by atoms with E-state index in [1.807, 2.05) is 24.4 Å². The van der Waals surface area contributed by atoms with Gasteiger partial charge in [-0.2, -0.15) is 0 Å². The molecule has 25 heavy (non-hydrogen) atoms. The van der Waals surface area contributed by atoms with Gasteiger partial charge in [-0.1, -0.05) is 19.1 Å². The normalized spacial score (nSPS) is 13.1. The van der Waals surface area contributed by atoms with Crippen LogP contribution in [0.1, 0.15) is 30.3 Å². The van der Waals surface area contributed by atoms with Gasteiger partial charge in [0.15, 0.2) is 5.96 Å². The van der Waals surface area contributed by atoms with E-state index < -0.39 is 0 Å². The first-order valence-corrected chi connectivity index (χ1v) is 9.62. The Kier molecular flexibility index (Phi) is 6.06. The van der Waals surface area contributed by atoms with Crippen molar-refractivity contribution in [2.45, 2.75) is 26.2 Å². The summed E-state index contributed by atoms with van der Waals surface area (Å²) < 4.78 is 2.05. The Morgan fingerprint density at radius 1 is 1.28 bits per heavy atom. The van der Waals surface area contributed by atoms with Gasteiger partial charge >= 0.3 is 0 Å². The average Bonchev–Trinajstić information content (AvgIpc) is 3.28. The minimum atomic E-state index is 0.439. The van der Waals surface area contributed by atoms with Gasteiger partial charge in [0.2, 0.25) is 0 Å². The highest BCUT2D eigenvalue weighted by molar-refractivity contribution is 7.10. The van der Waals surface area contributed by atoms with Gasteiger partial charge < -0.3 is 15.0 Å². The fourth-order valence-corrected chi connectivity index (χ4v) is 3.43. The average molecular weight is 356 g/mol. The van der Waals surface area contributed by atoms with E-state index in [0.29, 0.717) is 5.92 Å². The van der Waals surface area contributed by atoms with Crippen molar-refractivity contribution in [3.63, 3.8) is 0 Å². The van der Waals surface area contributed by atoms with Crippen LogP contribution in [-0.4, -0.2) is 35.0 Å². The SMILES string of the molecule is CCNC(=NCC(C)c1cccs1)NCCc1cn2ccccc2n1. The first kappa shape index (κ1) is 17.5. The Morgan fingerprint density at radius 3 is 2.96 bits per heavy atom. The zero-order valence-corrected chi connectivity index (χ0v) is 15.6. The number of pyridine rings is 1. The molecule has 132 valence electrons. The predicted molar refractivity (Wildman–Crippen MR) is 106 cm³/mol. The molecular weight excluding hydrogens is 330 g/mol. The summed E-state index contributed by atoms with van der Waals surface area (Å²) in [5.74, 6) is 1.31. The van der Waals surface area contributed by atoms with Gasteiger partial charge in [-0.15, -0.1) is 11.3 Å². The number of hydrogen-bond donors (Lipinski definition) is 2. The molecule has 3 heterocycles. The molecule has 0 aliphatic heterocycles. The number of thiophene rings is 1. The Morgan fingerprint density at radius 2 is 2.20 bits per heavy atom. The van der Waals surface area contributed by atoms with E-state index in [1.54, 1.807) is 11.3 Å². The molecule has 0 bridgehead atoms. The minimum absolute atomic E-state index is 0.439. The largest absolute Gasteiger partial charge is 0.357 e. The van der Waals surface area contributed by atoms with Crippen molar-refractivity contribution in [2.75, 3.05) is 19.6 Å². The third-order valence-electron chi connectivity index (χ3n) is 3.98. The van der Waals surface area contributed by atoms with Crippen molar-refractivity contribution < 1.29 is 0 Å². The maximum Gasteiger partial charge on any atom is 0.191 e. The highest BCUT2D eigenvalue weighted by atomic mass is 32.1. The molecule has 0 amide bonds. The smallest absolute Gasteiger partial charge is 0.191 e. The zero-order chi connectivity index (χ0) is 17.5. The lowest BCUT2D eigenvalue weighted by Gasteiger charge is -2.12. The topological polar surface area (TPSA) is 53.7 Å². The predicted octanol–water partition coefficient (Wildman–Crippen LogP) is 3.30. The van der Waals surface area contributed by atoms with E-state index in [0.717, 1.165) is 43.4 Å². The number of hydrogen-bond acceptors (Lipinski definition) is 3. The fourth-order valence-electron chi connectivity index (χ4n) is 2.65. The van der Waals surface area contributed by atoms with Crippen molar-refractivity contribution in [2.24, 2.45) is 4.99 Å². The minimum Gasteiger partial charge on any atom is -0.357 e. The standard InChI is InChI=1S/C19H25N5S/c1-3-20-19(22-13-15(2)17-7-6-12-25-17)21-10-9-16-14-24-11-5-4-8-18(24)23-16/h4-8,11-12,14-15H,3,9-10,13H2,1-2H3,(H2,20,21,22). The van der Waals surface area contributed by atoms with Crippen LogP contribution in [0.25, 0.3) is 5.65 Å². The molecule has 5 nitrogen and oxygen atoms in total. The number of guanidine groups is 1. The van der Waals surface area contributed by atoms with Crippen LogP contribution in [-0.2, 0) is 6.42 Å². The van der Waals surface area contributed by atoms with Crippen LogP contribution in [0.15, 0.2) is 53.1 Å². The molecule has 0 aromatic carbocycles. The molecule has 0 aliphatic rings. The summed E-state index contributed by atoms with van der Waals surface area (Å²) in [6, 6.07) is 10.3. The van der Waals surface area contributed by atoms with Gasteiger partial charge in [-0.05, 0) is 30.5 Å². The summed E-state index contributed by atoms with van der Waals surface area (Å²) in [6.45, 7) is 6.75. The Hall–Kier alpha value is -2.34. The number of fused-ring (bicyclic) bond motifs is 1. The van der Waals surface area contributed by atoms with E-state index in [-0.39, 0.29) is 0 Å². The van der Waals surface area contributed by atoms with Crippen LogP contribution in [0, 0.1) is 0 Å². The molecule has 0 radical (unpaired) electrons. The van der Waals surface area contributed by atoms with Crippen LogP contribution in [0.5, 0.6) is 0 Å². The highest BCUT2D eigenvalue weighted by Crippen LogP contribution is 2.20. The molecule has 1 atom stereocenters. The second-order valence-corrected chi connectivity index (χ2v) is 6.99. The van der Waals surface area contributed by atoms with E-state index in [9.17, 15) is 0 Å². The lowest BCUT2D eigenvalue weighted by molar-refractivity contribution is 0.752. The highest BCUT2D eigenvalue weighted by Gasteiger charge is 2.07. The van der Waals surface area contributed by atoms with Gasteiger partial charge in [-0.3, -0.25) is 4.99 Å². The summed E-state index contributed by atoms with van der Waals surface area (Å²) in [5.41, 5.74) is 2.07. The number of nitrogens with one attached hydrogen (secondary N) is 2. The maximum absolute atomic E-state index is 4.72. The van der Waals surface area contributed by atoms with E-state index in [1.165, 1.54) is 4.88 Å². The first-order chi connectivity index (χ1) is 12.3. The number of aromatic nitrogens is 2. The molecule has 0 saturated carbocycles. The van der Waals surface area contributed by atoms with Crippen LogP contribution in [0.2, 0.25) is 0 Å². The summed E-state index contributed by atoms with van der Waals surface area (Å²) >= 11 is 1.79. The maximum atomic E-state index is 4.72.